The fraction of sp³-hybridized carbons (Fsp3) is 0.500. The van der Waals surface area contributed by atoms with Gasteiger partial charge in [0.25, 0.3) is 0 Å². The highest BCUT2D eigenvalue weighted by atomic mass is 35.5. The predicted octanol–water partition coefficient (Wildman–Crippen LogP) is 4.05. The molecule has 1 N–H and O–H groups in total. The highest BCUT2D eigenvalue weighted by Crippen LogP contribution is 2.29. The van der Waals surface area contributed by atoms with Gasteiger partial charge in [0.2, 0.25) is 0 Å². The second kappa shape index (κ2) is 4.73. The van der Waals surface area contributed by atoms with Crippen molar-refractivity contribution < 1.29 is 0 Å². The molecule has 15 heavy (non-hydrogen) atoms. The van der Waals surface area contributed by atoms with Crippen LogP contribution in [0, 0.1) is 5.92 Å². The summed E-state index contributed by atoms with van der Waals surface area (Å²) in [6.45, 7) is 3.35. The van der Waals surface area contributed by atoms with Crippen LogP contribution < -0.4 is 5.32 Å². The van der Waals surface area contributed by atoms with Gasteiger partial charge in [-0.05, 0) is 49.1 Å². The first-order chi connectivity index (χ1) is 7.15. The van der Waals surface area contributed by atoms with Gasteiger partial charge < -0.3 is 5.32 Å². The van der Waals surface area contributed by atoms with Gasteiger partial charge in [-0.15, -0.1) is 0 Å². The standard InChI is InChI=1S/C12H15Cl2N/c1-8-2-3-12(15-7-8)9-4-10(13)6-11(14)5-9/h4-6,8,12,15H,2-3,7H2,1H3/t8-,12+/m1/s1. The maximum atomic E-state index is 5.99. The van der Waals surface area contributed by atoms with Crippen molar-refractivity contribution in [2.75, 3.05) is 6.54 Å². The third-order valence-corrected chi connectivity index (χ3v) is 3.38. The molecule has 0 radical (unpaired) electrons. The van der Waals surface area contributed by atoms with E-state index in [9.17, 15) is 0 Å². The Morgan fingerprint density at radius 1 is 1.13 bits per heavy atom. The van der Waals surface area contributed by atoms with Gasteiger partial charge in [-0.25, -0.2) is 0 Å². The molecular weight excluding hydrogens is 229 g/mol. The predicted molar refractivity (Wildman–Crippen MR) is 65.6 cm³/mol. The Balaban J connectivity index is 2.15. The number of hydrogen-bond acceptors (Lipinski definition) is 1. The summed E-state index contributed by atoms with van der Waals surface area (Å²) in [5, 5.41) is 4.96. The smallest absolute Gasteiger partial charge is 0.0424 e. The van der Waals surface area contributed by atoms with Crippen LogP contribution in [0.3, 0.4) is 0 Å². The molecule has 0 aromatic heterocycles. The third-order valence-electron chi connectivity index (χ3n) is 2.95. The molecule has 2 atom stereocenters. The first-order valence-electron chi connectivity index (χ1n) is 5.34. The van der Waals surface area contributed by atoms with E-state index in [0.29, 0.717) is 6.04 Å². The van der Waals surface area contributed by atoms with Crippen LogP contribution in [-0.4, -0.2) is 6.54 Å². The SMILES string of the molecule is C[C@@H]1CC[C@@H](c2cc(Cl)cc(Cl)c2)NC1. The minimum absolute atomic E-state index is 0.414. The van der Waals surface area contributed by atoms with Gasteiger partial charge in [-0.2, -0.15) is 0 Å². The summed E-state index contributed by atoms with van der Waals surface area (Å²) in [6.07, 6.45) is 2.43. The monoisotopic (exact) mass is 243 g/mol. The molecule has 0 unspecified atom stereocenters. The van der Waals surface area contributed by atoms with Crippen molar-refractivity contribution in [1.82, 2.24) is 5.32 Å². The molecule has 0 spiro atoms. The van der Waals surface area contributed by atoms with Gasteiger partial charge in [-0.1, -0.05) is 30.1 Å². The Labute approximate surface area is 101 Å². The zero-order valence-electron chi connectivity index (χ0n) is 8.76. The van der Waals surface area contributed by atoms with Crippen LogP contribution >= 0.6 is 23.2 Å². The molecule has 1 fully saturated rings. The van der Waals surface area contributed by atoms with E-state index in [0.717, 1.165) is 28.9 Å². The second-order valence-corrected chi connectivity index (χ2v) is 5.22. The Bertz CT molecular complexity index is 323. The van der Waals surface area contributed by atoms with Crippen molar-refractivity contribution >= 4 is 23.2 Å². The molecule has 3 heteroatoms. The quantitative estimate of drug-likeness (QED) is 0.785. The average Bonchev–Trinajstić information content (AvgIpc) is 2.17. The van der Waals surface area contributed by atoms with Crippen molar-refractivity contribution in [3.8, 4) is 0 Å². The zero-order chi connectivity index (χ0) is 10.8. The lowest BCUT2D eigenvalue weighted by molar-refractivity contribution is 0.333. The molecule has 1 heterocycles. The Kier molecular flexibility index (Phi) is 3.55. The molecule has 1 aromatic carbocycles. The fourth-order valence-electron chi connectivity index (χ4n) is 2.06. The van der Waals surface area contributed by atoms with Gasteiger partial charge >= 0.3 is 0 Å². The van der Waals surface area contributed by atoms with E-state index in [4.69, 9.17) is 23.2 Å². The maximum absolute atomic E-state index is 5.99. The lowest BCUT2D eigenvalue weighted by Crippen LogP contribution is -2.31. The topological polar surface area (TPSA) is 12.0 Å². The van der Waals surface area contributed by atoms with Crippen LogP contribution in [-0.2, 0) is 0 Å². The summed E-state index contributed by atoms with van der Waals surface area (Å²) in [4.78, 5) is 0. The number of hydrogen-bond donors (Lipinski definition) is 1. The van der Waals surface area contributed by atoms with E-state index in [1.54, 1.807) is 6.07 Å². The van der Waals surface area contributed by atoms with Crippen molar-refractivity contribution in [3.05, 3.63) is 33.8 Å². The van der Waals surface area contributed by atoms with Gasteiger partial charge in [0, 0.05) is 16.1 Å². The van der Waals surface area contributed by atoms with Crippen LogP contribution in [0.5, 0.6) is 0 Å². The van der Waals surface area contributed by atoms with E-state index < -0.39 is 0 Å². The van der Waals surface area contributed by atoms with E-state index >= 15 is 0 Å². The molecule has 82 valence electrons. The van der Waals surface area contributed by atoms with E-state index in [1.165, 1.54) is 12.0 Å². The second-order valence-electron chi connectivity index (χ2n) is 4.35. The Morgan fingerprint density at radius 2 is 1.80 bits per heavy atom. The summed E-state index contributed by atoms with van der Waals surface area (Å²) in [6, 6.07) is 6.19. The molecule has 0 bridgehead atoms. The molecule has 2 rings (SSSR count). The molecule has 1 aromatic rings. The highest BCUT2D eigenvalue weighted by Gasteiger charge is 2.19. The van der Waals surface area contributed by atoms with Crippen LogP contribution in [0.4, 0.5) is 0 Å². The van der Waals surface area contributed by atoms with Gasteiger partial charge in [0.05, 0.1) is 0 Å². The van der Waals surface area contributed by atoms with Crippen LogP contribution in [0.15, 0.2) is 18.2 Å². The first-order valence-corrected chi connectivity index (χ1v) is 6.10. The molecule has 0 saturated carbocycles. The molecule has 0 aliphatic carbocycles. The number of piperidine rings is 1. The molecule has 1 nitrogen and oxygen atoms in total. The van der Waals surface area contributed by atoms with Crippen LogP contribution in [0.1, 0.15) is 31.4 Å². The summed E-state index contributed by atoms with van der Waals surface area (Å²) < 4.78 is 0. The zero-order valence-corrected chi connectivity index (χ0v) is 10.3. The number of halogens is 2. The molecular formula is C12H15Cl2N. The van der Waals surface area contributed by atoms with Crippen molar-refractivity contribution in [2.24, 2.45) is 5.92 Å². The third kappa shape index (κ3) is 2.87. The largest absolute Gasteiger partial charge is 0.310 e. The molecule has 1 saturated heterocycles. The lowest BCUT2D eigenvalue weighted by Gasteiger charge is -2.28. The Hall–Kier alpha value is -0.240. The lowest BCUT2D eigenvalue weighted by atomic mass is 9.92. The fourth-order valence-corrected chi connectivity index (χ4v) is 2.60. The van der Waals surface area contributed by atoms with Gasteiger partial charge in [-0.3, -0.25) is 0 Å². The van der Waals surface area contributed by atoms with Gasteiger partial charge in [0.15, 0.2) is 0 Å². The summed E-state index contributed by atoms with van der Waals surface area (Å²) in [5.74, 6) is 0.774. The van der Waals surface area contributed by atoms with E-state index in [-0.39, 0.29) is 0 Å². The van der Waals surface area contributed by atoms with Crippen LogP contribution in [0.2, 0.25) is 10.0 Å². The van der Waals surface area contributed by atoms with E-state index in [2.05, 4.69) is 12.2 Å². The van der Waals surface area contributed by atoms with Crippen LogP contribution in [0.25, 0.3) is 0 Å². The van der Waals surface area contributed by atoms with Crippen molar-refractivity contribution in [2.45, 2.75) is 25.8 Å². The Morgan fingerprint density at radius 3 is 2.33 bits per heavy atom. The minimum Gasteiger partial charge on any atom is -0.310 e. The molecule has 0 amide bonds. The maximum Gasteiger partial charge on any atom is 0.0424 e. The van der Waals surface area contributed by atoms with Crippen molar-refractivity contribution in [3.63, 3.8) is 0 Å². The number of nitrogens with one attached hydrogen (secondary N) is 1. The molecule has 1 aliphatic heterocycles. The highest BCUT2D eigenvalue weighted by molar-refractivity contribution is 6.34. The summed E-state index contributed by atoms with van der Waals surface area (Å²) in [5.41, 5.74) is 1.21. The summed E-state index contributed by atoms with van der Waals surface area (Å²) in [7, 11) is 0. The average molecular weight is 244 g/mol. The van der Waals surface area contributed by atoms with Gasteiger partial charge in [0.1, 0.15) is 0 Å². The normalized spacial score (nSPS) is 26.6. The molecule has 1 aliphatic rings. The van der Waals surface area contributed by atoms with E-state index in [1.807, 2.05) is 12.1 Å². The number of rotatable bonds is 1. The minimum atomic E-state index is 0.414. The summed E-state index contributed by atoms with van der Waals surface area (Å²) >= 11 is 12.0. The first kappa shape index (κ1) is 11.3. The number of benzene rings is 1. The van der Waals surface area contributed by atoms with Crippen molar-refractivity contribution in [1.29, 1.82) is 0 Å².